The van der Waals surface area contributed by atoms with Crippen LogP contribution in [-0.4, -0.2) is 17.9 Å². The Morgan fingerprint density at radius 1 is 1.62 bits per heavy atom. The van der Waals surface area contributed by atoms with Gasteiger partial charge in [0.25, 0.3) is 0 Å². The standard InChI is InChI=1S/C5H12NO2/c1-4-8-6(7)5(2)3/h5H,4H2,1-3H3/q-1. The van der Waals surface area contributed by atoms with Gasteiger partial charge in [-0.05, 0) is 20.8 Å². The first-order valence-electron chi connectivity index (χ1n) is 2.77. The van der Waals surface area contributed by atoms with E-state index in [0.717, 1.165) is 0 Å². The molecular weight excluding hydrogens is 106 g/mol. The van der Waals surface area contributed by atoms with Crippen LogP contribution in [0.1, 0.15) is 20.8 Å². The van der Waals surface area contributed by atoms with Gasteiger partial charge in [-0.2, -0.15) is 0 Å². The van der Waals surface area contributed by atoms with E-state index in [1.165, 1.54) is 0 Å². The zero-order valence-corrected chi connectivity index (χ0v) is 5.55. The molecule has 0 fully saturated rings. The second-order valence-corrected chi connectivity index (χ2v) is 1.80. The highest BCUT2D eigenvalue weighted by Crippen LogP contribution is 1.93. The van der Waals surface area contributed by atoms with E-state index in [1.807, 2.05) is 0 Å². The van der Waals surface area contributed by atoms with Gasteiger partial charge in [0.15, 0.2) is 0 Å². The van der Waals surface area contributed by atoms with Gasteiger partial charge in [0, 0.05) is 6.04 Å². The number of hydroxylamine groups is 2. The van der Waals surface area contributed by atoms with Crippen molar-refractivity contribution in [2.24, 2.45) is 0 Å². The summed E-state index contributed by atoms with van der Waals surface area (Å²) in [6.45, 7) is 5.79. The average Bonchev–Trinajstić information content (AvgIpc) is 1.67. The van der Waals surface area contributed by atoms with Crippen molar-refractivity contribution in [2.45, 2.75) is 26.8 Å². The van der Waals surface area contributed by atoms with E-state index in [2.05, 4.69) is 4.84 Å². The zero-order chi connectivity index (χ0) is 6.57. The lowest BCUT2D eigenvalue weighted by atomic mass is 10.4. The molecule has 0 aliphatic heterocycles. The summed E-state index contributed by atoms with van der Waals surface area (Å²) in [5.74, 6) is 0. The second kappa shape index (κ2) is 3.83. The number of hydrogen-bond donors (Lipinski definition) is 0. The summed E-state index contributed by atoms with van der Waals surface area (Å²) < 4.78 is 0. The largest absolute Gasteiger partial charge is 0.762 e. The van der Waals surface area contributed by atoms with Gasteiger partial charge in [0.05, 0.1) is 6.61 Å². The van der Waals surface area contributed by atoms with Crippen molar-refractivity contribution in [1.29, 1.82) is 0 Å². The molecule has 8 heavy (non-hydrogen) atoms. The average molecular weight is 118 g/mol. The molecule has 0 saturated heterocycles. The van der Waals surface area contributed by atoms with Crippen LogP contribution in [0.25, 0.3) is 0 Å². The van der Waals surface area contributed by atoms with E-state index in [0.29, 0.717) is 11.8 Å². The van der Waals surface area contributed by atoms with Crippen LogP contribution >= 0.6 is 0 Å². The van der Waals surface area contributed by atoms with Gasteiger partial charge in [-0.25, -0.2) is 0 Å². The van der Waals surface area contributed by atoms with Crippen molar-refractivity contribution in [3.05, 3.63) is 5.21 Å². The van der Waals surface area contributed by atoms with E-state index in [-0.39, 0.29) is 6.04 Å². The lowest BCUT2D eigenvalue weighted by Crippen LogP contribution is -2.24. The van der Waals surface area contributed by atoms with Crippen molar-refractivity contribution < 1.29 is 4.84 Å². The summed E-state index contributed by atoms with van der Waals surface area (Å²) in [5, 5.41) is 11.0. The van der Waals surface area contributed by atoms with Crippen LogP contribution in [0.2, 0.25) is 0 Å². The van der Waals surface area contributed by atoms with Gasteiger partial charge in [-0.3, -0.25) is 5.23 Å². The van der Waals surface area contributed by atoms with Crippen LogP contribution in [0.3, 0.4) is 0 Å². The minimum absolute atomic E-state index is 0.0741. The third kappa shape index (κ3) is 2.96. The molecule has 0 unspecified atom stereocenters. The Morgan fingerprint density at radius 2 is 2.12 bits per heavy atom. The minimum Gasteiger partial charge on any atom is -0.762 e. The molecule has 0 aliphatic carbocycles. The van der Waals surface area contributed by atoms with Gasteiger partial charge < -0.3 is 10.0 Å². The summed E-state index contributed by atoms with van der Waals surface area (Å²) >= 11 is 0. The van der Waals surface area contributed by atoms with Crippen molar-refractivity contribution in [3.8, 4) is 0 Å². The summed E-state index contributed by atoms with van der Waals surface area (Å²) in [4.78, 5) is 4.58. The molecule has 0 amide bonds. The van der Waals surface area contributed by atoms with Gasteiger partial charge in [-0.15, -0.1) is 0 Å². The Morgan fingerprint density at radius 3 is 2.25 bits per heavy atom. The molecule has 3 heteroatoms. The Bertz CT molecular complexity index is 56.4. The first-order chi connectivity index (χ1) is 3.68. The van der Waals surface area contributed by atoms with Crippen molar-refractivity contribution in [1.82, 2.24) is 5.23 Å². The van der Waals surface area contributed by atoms with Gasteiger partial charge in [0.1, 0.15) is 0 Å². The van der Waals surface area contributed by atoms with Crippen LogP contribution in [0.5, 0.6) is 0 Å². The lowest BCUT2D eigenvalue weighted by Gasteiger charge is -2.30. The molecule has 0 atom stereocenters. The quantitative estimate of drug-likeness (QED) is 0.521. The van der Waals surface area contributed by atoms with Gasteiger partial charge in [-0.1, -0.05) is 0 Å². The predicted octanol–water partition coefficient (Wildman–Crippen LogP) is 1.15. The maximum absolute atomic E-state index is 10.4. The van der Waals surface area contributed by atoms with E-state index >= 15 is 0 Å². The predicted molar refractivity (Wildman–Crippen MR) is 32.0 cm³/mol. The van der Waals surface area contributed by atoms with Crippen LogP contribution in [0.15, 0.2) is 0 Å². The SMILES string of the molecule is CCON([O-])C(C)C. The van der Waals surface area contributed by atoms with Crippen molar-refractivity contribution in [2.75, 3.05) is 6.61 Å². The van der Waals surface area contributed by atoms with Crippen LogP contribution < -0.4 is 0 Å². The Kier molecular flexibility index (Phi) is 3.77. The smallest absolute Gasteiger partial charge is 0.0645 e. The monoisotopic (exact) mass is 118 g/mol. The molecule has 0 aromatic carbocycles. The number of nitrogens with zero attached hydrogens (tertiary/aromatic N) is 1. The highest BCUT2D eigenvalue weighted by molar-refractivity contribution is 4.48. The van der Waals surface area contributed by atoms with E-state index in [4.69, 9.17) is 0 Å². The summed E-state index contributed by atoms with van der Waals surface area (Å²) in [5.41, 5.74) is 0. The first-order valence-corrected chi connectivity index (χ1v) is 2.77. The molecule has 0 spiro atoms. The molecule has 3 nitrogen and oxygen atoms in total. The molecule has 0 N–H and O–H groups in total. The Labute approximate surface area is 49.8 Å². The summed E-state index contributed by atoms with van der Waals surface area (Å²) in [6.07, 6.45) is 0. The Hall–Kier alpha value is -0.120. The number of hydrogen-bond acceptors (Lipinski definition) is 3. The maximum atomic E-state index is 10.4. The molecule has 0 aliphatic rings. The normalized spacial score (nSPS) is 11.2. The van der Waals surface area contributed by atoms with Gasteiger partial charge in [0.2, 0.25) is 0 Å². The van der Waals surface area contributed by atoms with Crippen LogP contribution in [0, 0.1) is 5.21 Å². The highest BCUT2D eigenvalue weighted by atomic mass is 16.9. The third-order valence-corrected chi connectivity index (χ3v) is 0.678. The fourth-order valence-electron chi connectivity index (χ4n) is 0.276. The highest BCUT2D eigenvalue weighted by Gasteiger charge is 1.92. The van der Waals surface area contributed by atoms with Crippen molar-refractivity contribution >= 4 is 0 Å². The topological polar surface area (TPSA) is 35.5 Å². The van der Waals surface area contributed by atoms with E-state index < -0.39 is 0 Å². The third-order valence-electron chi connectivity index (χ3n) is 0.678. The molecule has 0 bridgehead atoms. The molecule has 0 heterocycles. The van der Waals surface area contributed by atoms with E-state index in [1.54, 1.807) is 20.8 Å². The Balaban J connectivity index is 3.17. The molecule has 50 valence electrons. The number of rotatable bonds is 3. The van der Waals surface area contributed by atoms with Crippen LogP contribution in [-0.2, 0) is 4.84 Å². The molecule has 0 radical (unpaired) electrons. The van der Waals surface area contributed by atoms with E-state index in [9.17, 15) is 5.21 Å². The lowest BCUT2D eigenvalue weighted by molar-refractivity contribution is -0.135. The molecule has 0 aromatic rings. The second-order valence-electron chi connectivity index (χ2n) is 1.80. The minimum atomic E-state index is -0.0741. The summed E-state index contributed by atoms with van der Waals surface area (Å²) in [6, 6.07) is -0.0741. The fourth-order valence-corrected chi connectivity index (χ4v) is 0.276. The van der Waals surface area contributed by atoms with Crippen LogP contribution in [0.4, 0.5) is 0 Å². The maximum Gasteiger partial charge on any atom is 0.0645 e. The fraction of sp³-hybridized carbons (Fsp3) is 1.00. The molecule has 0 saturated carbocycles. The molecular formula is C5H12NO2-. The summed E-state index contributed by atoms with van der Waals surface area (Å²) in [7, 11) is 0. The van der Waals surface area contributed by atoms with Gasteiger partial charge >= 0.3 is 0 Å². The molecule has 0 rings (SSSR count). The first kappa shape index (κ1) is 7.88. The van der Waals surface area contributed by atoms with Crippen molar-refractivity contribution in [3.63, 3.8) is 0 Å². The zero-order valence-electron chi connectivity index (χ0n) is 5.55. The molecule has 0 aromatic heterocycles.